The molecule has 2 aliphatic heterocycles. The second kappa shape index (κ2) is 3.71. The fraction of sp³-hybridized carbons (Fsp3) is 0.700. The van der Waals surface area contributed by atoms with Crippen LogP contribution in [0.1, 0.15) is 13.3 Å². The molecule has 14 heavy (non-hydrogen) atoms. The van der Waals surface area contributed by atoms with Crippen molar-refractivity contribution >= 4 is 5.78 Å². The summed E-state index contributed by atoms with van der Waals surface area (Å²) in [5.74, 6) is 0.171. The molecule has 1 N–H and O–H groups in total. The molecule has 0 bridgehead atoms. The first-order valence-corrected chi connectivity index (χ1v) is 5.13. The highest BCUT2D eigenvalue weighted by molar-refractivity contribution is 5.92. The Bertz CT molecular complexity index is 275. The lowest BCUT2D eigenvalue weighted by Gasteiger charge is -2.39. The number of fused-ring (bicyclic) bond motifs is 1. The number of likely N-dealkylation sites (N-methyl/N-ethyl adjacent to an activating group) is 1. The smallest absolute Gasteiger partial charge is 0.176 e. The number of nitrogens with one attached hydrogen (secondary N) is 1. The number of allylic oxidation sites excluding steroid dienone is 1. The predicted octanol–water partition coefficient (Wildman–Crippen LogP) is -0.0164. The van der Waals surface area contributed by atoms with E-state index in [1.54, 1.807) is 6.92 Å². The standard InChI is InChI=1S/C10H17N3O/c1-8(14)10-4-6-12-5-3-9(11-2)7-13(10)12/h4,9,11H,3,5-7H2,1-2H3. The number of nitrogens with zero attached hydrogens (tertiary/aromatic N) is 2. The summed E-state index contributed by atoms with van der Waals surface area (Å²) in [4.78, 5) is 11.3. The van der Waals surface area contributed by atoms with E-state index < -0.39 is 0 Å². The summed E-state index contributed by atoms with van der Waals surface area (Å²) in [6, 6.07) is 0.507. The fourth-order valence-electron chi connectivity index (χ4n) is 2.14. The van der Waals surface area contributed by atoms with Crippen LogP contribution in [0.3, 0.4) is 0 Å². The highest BCUT2D eigenvalue weighted by Crippen LogP contribution is 2.22. The molecule has 2 rings (SSSR count). The number of carbonyl (C=O) groups is 1. The SMILES string of the molecule is CNC1CCN2CC=C(C(C)=O)N2C1. The lowest BCUT2D eigenvalue weighted by Crippen LogP contribution is -2.52. The van der Waals surface area contributed by atoms with Gasteiger partial charge in [0.25, 0.3) is 0 Å². The molecule has 0 aromatic carbocycles. The Morgan fingerprint density at radius 2 is 2.43 bits per heavy atom. The number of carbonyl (C=O) groups excluding carboxylic acids is 1. The maximum atomic E-state index is 11.3. The lowest BCUT2D eigenvalue weighted by atomic mass is 10.1. The van der Waals surface area contributed by atoms with Gasteiger partial charge >= 0.3 is 0 Å². The van der Waals surface area contributed by atoms with Crippen LogP contribution in [0.25, 0.3) is 0 Å². The summed E-state index contributed by atoms with van der Waals surface area (Å²) in [6.07, 6.45) is 3.19. The third-order valence-electron chi connectivity index (χ3n) is 3.01. The van der Waals surface area contributed by atoms with Gasteiger partial charge < -0.3 is 10.3 Å². The molecule has 4 nitrogen and oxygen atoms in total. The van der Waals surface area contributed by atoms with Crippen LogP contribution in [-0.4, -0.2) is 48.5 Å². The van der Waals surface area contributed by atoms with E-state index in [-0.39, 0.29) is 5.78 Å². The molecule has 1 saturated heterocycles. The molecule has 0 aromatic rings. The molecule has 0 amide bonds. The molecule has 0 spiro atoms. The Kier molecular flexibility index (Phi) is 2.56. The minimum absolute atomic E-state index is 0.171. The zero-order chi connectivity index (χ0) is 10.1. The molecule has 0 radical (unpaired) electrons. The van der Waals surface area contributed by atoms with E-state index in [9.17, 15) is 4.79 Å². The van der Waals surface area contributed by atoms with Gasteiger partial charge in [0.05, 0.1) is 12.2 Å². The monoisotopic (exact) mass is 195 g/mol. The van der Waals surface area contributed by atoms with Crippen molar-refractivity contribution < 1.29 is 4.79 Å². The number of ketones is 1. The van der Waals surface area contributed by atoms with Crippen molar-refractivity contribution in [3.05, 3.63) is 11.8 Å². The zero-order valence-electron chi connectivity index (χ0n) is 8.79. The van der Waals surface area contributed by atoms with Crippen LogP contribution in [0.15, 0.2) is 11.8 Å². The topological polar surface area (TPSA) is 35.6 Å². The van der Waals surface area contributed by atoms with E-state index in [1.807, 2.05) is 13.1 Å². The van der Waals surface area contributed by atoms with Gasteiger partial charge in [0.1, 0.15) is 0 Å². The van der Waals surface area contributed by atoms with Gasteiger partial charge in [0.2, 0.25) is 0 Å². The van der Waals surface area contributed by atoms with Crippen LogP contribution in [0.2, 0.25) is 0 Å². The summed E-state index contributed by atoms with van der Waals surface area (Å²) < 4.78 is 0. The molecule has 2 heterocycles. The molecule has 2 aliphatic rings. The molecule has 0 aromatic heterocycles. The minimum Gasteiger partial charge on any atom is -0.315 e. The Balaban J connectivity index is 2.08. The second-order valence-electron chi connectivity index (χ2n) is 3.91. The summed E-state index contributed by atoms with van der Waals surface area (Å²) in [5.41, 5.74) is 0.866. The van der Waals surface area contributed by atoms with Crippen LogP contribution in [-0.2, 0) is 4.79 Å². The van der Waals surface area contributed by atoms with Crippen LogP contribution in [0.4, 0.5) is 0 Å². The van der Waals surface area contributed by atoms with Crippen molar-refractivity contribution in [3.8, 4) is 0 Å². The van der Waals surface area contributed by atoms with Crippen molar-refractivity contribution in [2.45, 2.75) is 19.4 Å². The largest absolute Gasteiger partial charge is 0.315 e. The van der Waals surface area contributed by atoms with E-state index in [1.165, 1.54) is 0 Å². The Morgan fingerprint density at radius 1 is 1.64 bits per heavy atom. The normalized spacial score (nSPS) is 27.4. The van der Waals surface area contributed by atoms with E-state index in [2.05, 4.69) is 15.3 Å². The molecular weight excluding hydrogens is 178 g/mol. The van der Waals surface area contributed by atoms with Crippen molar-refractivity contribution in [1.29, 1.82) is 0 Å². The van der Waals surface area contributed by atoms with Crippen LogP contribution in [0, 0.1) is 0 Å². The summed E-state index contributed by atoms with van der Waals surface area (Å²) in [6.45, 7) is 4.49. The van der Waals surface area contributed by atoms with Crippen molar-refractivity contribution in [3.63, 3.8) is 0 Å². The summed E-state index contributed by atoms with van der Waals surface area (Å²) in [5, 5.41) is 7.63. The molecular formula is C10H17N3O. The van der Waals surface area contributed by atoms with Crippen molar-refractivity contribution in [1.82, 2.24) is 15.3 Å². The van der Waals surface area contributed by atoms with Gasteiger partial charge in [-0.15, -0.1) is 0 Å². The van der Waals surface area contributed by atoms with Crippen LogP contribution in [0.5, 0.6) is 0 Å². The van der Waals surface area contributed by atoms with E-state index >= 15 is 0 Å². The van der Waals surface area contributed by atoms with Gasteiger partial charge in [-0.2, -0.15) is 0 Å². The van der Waals surface area contributed by atoms with Crippen LogP contribution < -0.4 is 5.32 Å². The maximum Gasteiger partial charge on any atom is 0.176 e. The third kappa shape index (κ3) is 1.55. The van der Waals surface area contributed by atoms with Gasteiger partial charge in [0.15, 0.2) is 5.78 Å². The molecule has 1 atom stereocenters. The predicted molar refractivity (Wildman–Crippen MR) is 54.5 cm³/mol. The molecule has 1 unspecified atom stereocenters. The number of Topliss-reactive ketones (excluding diaryl/α,β-unsaturated/α-hetero) is 1. The number of rotatable bonds is 2. The van der Waals surface area contributed by atoms with Gasteiger partial charge in [-0.25, -0.2) is 5.01 Å². The zero-order valence-corrected chi connectivity index (χ0v) is 8.79. The minimum atomic E-state index is 0.171. The molecule has 0 saturated carbocycles. The van der Waals surface area contributed by atoms with E-state index in [0.29, 0.717) is 6.04 Å². The van der Waals surface area contributed by atoms with Gasteiger partial charge in [-0.05, 0) is 19.5 Å². The number of hydrogen-bond donors (Lipinski definition) is 1. The second-order valence-corrected chi connectivity index (χ2v) is 3.91. The van der Waals surface area contributed by atoms with Crippen LogP contribution >= 0.6 is 0 Å². The maximum absolute atomic E-state index is 11.3. The molecule has 0 aliphatic carbocycles. The van der Waals surface area contributed by atoms with Crippen molar-refractivity contribution in [2.24, 2.45) is 0 Å². The van der Waals surface area contributed by atoms with E-state index in [0.717, 1.165) is 31.8 Å². The third-order valence-corrected chi connectivity index (χ3v) is 3.01. The molecule has 4 heteroatoms. The first-order valence-electron chi connectivity index (χ1n) is 5.13. The quantitative estimate of drug-likeness (QED) is 0.672. The number of hydrazine groups is 1. The first-order chi connectivity index (χ1) is 6.72. The molecule has 1 fully saturated rings. The average Bonchev–Trinajstić information content (AvgIpc) is 2.59. The highest BCUT2D eigenvalue weighted by atomic mass is 16.1. The van der Waals surface area contributed by atoms with Gasteiger partial charge in [0, 0.05) is 26.1 Å². The Hall–Kier alpha value is -0.870. The fourth-order valence-corrected chi connectivity index (χ4v) is 2.14. The van der Waals surface area contributed by atoms with E-state index in [4.69, 9.17) is 0 Å². The Morgan fingerprint density at radius 3 is 3.07 bits per heavy atom. The average molecular weight is 195 g/mol. The Labute approximate surface area is 84.5 Å². The van der Waals surface area contributed by atoms with Gasteiger partial charge in [-0.3, -0.25) is 4.79 Å². The summed E-state index contributed by atoms with van der Waals surface area (Å²) in [7, 11) is 1.98. The first kappa shape index (κ1) is 9.68. The van der Waals surface area contributed by atoms with Gasteiger partial charge in [-0.1, -0.05) is 0 Å². The lowest BCUT2D eigenvalue weighted by molar-refractivity contribution is -0.117. The molecule has 78 valence electrons. The summed E-state index contributed by atoms with van der Waals surface area (Å²) >= 11 is 0. The number of hydrogen-bond acceptors (Lipinski definition) is 4. The highest BCUT2D eigenvalue weighted by Gasteiger charge is 2.31. The van der Waals surface area contributed by atoms with Crippen molar-refractivity contribution in [2.75, 3.05) is 26.7 Å².